The fourth-order valence-electron chi connectivity index (χ4n) is 0.256. The molecule has 2 nitrogen and oxygen atoms in total. The Morgan fingerprint density at radius 1 is 1.57 bits per heavy atom. The molecule has 1 aliphatic heterocycles. The van der Waals surface area contributed by atoms with Crippen LogP contribution in [0.5, 0.6) is 0 Å². The summed E-state index contributed by atoms with van der Waals surface area (Å²) in [5.74, 6) is 0. The van der Waals surface area contributed by atoms with Crippen LogP contribution in [0.3, 0.4) is 0 Å². The third-order valence-electron chi connectivity index (χ3n) is 0.486. The van der Waals surface area contributed by atoms with Crippen LogP contribution in [0, 0.1) is 5.50 Å². The molecule has 1 heterocycles. The molecule has 0 aliphatic carbocycles. The predicted octanol–water partition coefficient (Wildman–Crippen LogP) is 1.33. The lowest BCUT2D eigenvalue weighted by atomic mass is 10.6. The van der Waals surface area contributed by atoms with E-state index in [2.05, 4.69) is 10.3 Å². The normalized spacial score (nSPS) is 21.7. The monoisotopic (exact) mass is 138 g/mol. The molecule has 0 aromatic heterocycles. The van der Waals surface area contributed by atoms with Crippen LogP contribution in [-0.4, -0.2) is 0 Å². The lowest BCUT2D eigenvalue weighted by Gasteiger charge is -1.92. The summed E-state index contributed by atoms with van der Waals surface area (Å²) in [5.41, 5.74) is 2.73. The second kappa shape index (κ2) is 1.90. The Morgan fingerprint density at radius 3 is 2.43 bits per heavy atom. The minimum atomic E-state index is 0.269. The fourth-order valence-corrected chi connectivity index (χ4v) is 0.597. The Bertz CT molecular complexity index is 103. The smallest absolute Gasteiger partial charge is 0.212 e. The van der Waals surface area contributed by atoms with Crippen molar-refractivity contribution in [2.75, 3.05) is 0 Å². The molecule has 1 radical (unpaired) electrons. The summed E-state index contributed by atoms with van der Waals surface area (Å²) in [4.78, 5) is 4.47. The van der Waals surface area contributed by atoms with Gasteiger partial charge in [0, 0.05) is 6.08 Å². The van der Waals surface area contributed by atoms with E-state index in [1.54, 1.807) is 0 Å². The summed E-state index contributed by atoms with van der Waals surface area (Å²) in [7, 11) is 0. The molecule has 4 heteroatoms. The number of hydrogen-bond donors (Lipinski definition) is 1. The summed E-state index contributed by atoms with van der Waals surface area (Å²) in [6.07, 6.45) is 1.48. The van der Waals surface area contributed by atoms with Gasteiger partial charge < -0.3 is 4.84 Å². The van der Waals surface area contributed by atoms with E-state index in [1.165, 1.54) is 6.08 Å². The Hall–Kier alpha value is 0.0800. The van der Waals surface area contributed by atoms with Crippen molar-refractivity contribution < 1.29 is 4.84 Å². The molecule has 7 heavy (non-hydrogen) atoms. The SMILES string of the molecule is Cl[C]1C=C(Cl)ON1. The fraction of sp³-hybridized carbons (Fsp3) is 0. The molecule has 0 aromatic rings. The van der Waals surface area contributed by atoms with Crippen LogP contribution < -0.4 is 5.48 Å². The molecule has 0 saturated heterocycles. The number of halogens is 2. The highest BCUT2D eigenvalue weighted by Crippen LogP contribution is 2.17. The van der Waals surface area contributed by atoms with Crippen molar-refractivity contribution in [1.29, 1.82) is 0 Å². The van der Waals surface area contributed by atoms with E-state index in [-0.39, 0.29) is 5.22 Å². The second-order valence-corrected chi connectivity index (χ2v) is 1.78. The van der Waals surface area contributed by atoms with E-state index in [0.29, 0.717) is 5.50 Å². The Labute approximate surface area is 51.0 Å². The van der Waals surface area contributed by atoms with E-state index < -0.39 is 0 Å². The molecule has 0 aromatic carbocycles. The molecule has 0 fully saturated rings. The van der Waals surface area contributed by atoms with Gasteiger partial charge in [0.25, 0.3) is 0 Å². The van der Waals surface area contributed by atoms with Crippen molar-refractivity contribution in [2.45, 2.75) is 0 Å². The summed E-state index contributed by atoms with van der Waals surface area (Å²) < 4.78 is 0. The van der Waals surface area contributed by atoms with Gasteiger partial charge in [0.05, 0.1) is 0 Å². The number of nitrogens with one attached hydrogen (secondary N) is 1. The van der Waals surface area contributed by atoms with E-state index in [4.69, 9.17) is 23.2 Å². The molecular formula is C3H2Cl2NO. The molecule has 1 aliphatic rings. The van der Waals surface area contributed by atoms with Crippen LogP contribution in [0.25, 0.3) is 0 Å². The van der Waals surface area contributed by atoms with Crippen LogP contribution in [0.15, 0.2) is 11.3 Å². The van der Waals surface area contributed by atoms with Gasteiger partial charge in [0.15, 0.2) is 5.50 Å². The number of hydrogen-bond acceptors (Lipinski definition) is 2. The predicted molar refractivity (Wildman–Crippen MR) is 27.3 cm³/mol. The van der Waals surface area contributed by atoms with Gasteiger partial charge >= 0.3 is 0 Å². The Balaban J connectivity index is 2.50. The largest absolute Gasteiger partial charge is 0.394 e. The van der Waals surface area contributed by atoms with Crippen molar-refractivity contribution in [3.05, 3.63) is 16.8 Å². The van der Waals surface area contributed by atoms with Gasteiger partial charge in [0.2, 0.25) is 5.22 Å². The Morgan fingerprint density at radius 2 is 2.29 bits per heavy atom. The zero-order valence-corrected chi connectivity index (χ0v) is 4.75. The van der Waals surface area contributed by atoms with Gasteiger partial charge in [-0.1, -0.05) is 11.6 Å². The van der Waals surface area contributed by atoms with E-state index in [1.807, 2.05) is 0 Å². The van der Waals surface area contributed by atoms with Crippen molar-refractivity contribution in [3.63, 3.8) is 0 Å². The first-order valence-electron chi connectivity index (χ1n) is 1.61. The Kier molecular flexibility index (Phi) is 1.42. The van der Waals surface area contributed by atoms with Crippen LogP contribution in [0.2, 0.25) is 0 Å². The maximum atomic E-state index is 5.33. The zero-order chi connectivity index (χ0) is 5.28. The first-order valence-corrected chi connectivity index (χ1v) is 2.37. The summed E-state index contributed by atoms with van der Waals surface area (Å²) >= 11 is 10.6. The van der Waals surface area contributed by atoms with Crippen molar-refractivity contribution in [1.82, 2.24) is 5.48 Å². The first kappa shape index (κ1) is 5.22. The minimum absolute atomic E-state index is 0.269. The van der Waals surface area contributed by atoms with Gasteiger partial charge in [-0.2, -0.15) is 0 Å². The first-order chi connectivity index (χ1) is 3.29. The molecule has 0 atom stereocenters. The molecule has 1 N–H and O–H groups in total. The molecule has 1 rings (SSSR count). The molecule has 0 amide bonds. The maximum absolute atomic E-state index is 5.33. The third-order valence-corrected chi connectivity index (χ3v) is 0.859. The van der Waals surface area contributed by atoms with Crippen LogP contribution >= 0.6 is 23.2 Å². The van der Waals surface area contributed by atoms with Crippen molar-refractivity contribution in [3.8, 4) is 0 Å². The number of hydroxylamine groups is 1. The van der Waals surface area contributed by atoms with E-state index >= 15 is 0 Å². The highest BCUT2D eigenvalue weighted by molar-refractivity contribution is 6.32. The highest BCUT2D eigenvalue weighted by atomic mass is 35.5. The topological polar surface area (TPSA) is 21.3 Å². The molecular weight excluding hydrogens is 137 g/mol. The highest BCUT2D eigenvalue weighted by Gasteiger charge is 2.11. The van der Waals surface area contributed by atoms with Gasteiger partial charge in [-0.25, -0.2) is 0 Å². The quantitative estimate of drug-likeness (QED) is 0.511. The van der Waals surface area contributed by atoms with E-state index in [9.17, 15) is 0 Å². The summed E-state index contributed by atoms with van der Waals surface area (Å²) in [6, 6.07) is 0. The van der Waals surface area contributed by atoms with Gasteiger partial charge in [-0.05, 0) is 11.6 Å². The van der Waals surface area contributed by atoms with Gasteiger partial charge in [-0.3, -0.25) is 0 Å². The van der Waals surface area contributed by atoms with Gasteiger partial charge in [0.1, 0.15) is 0 Å². The van der Waals surface area contributed by atoms with Crippen LogP contribution in [0.1, 0.15) is 0 Å². The lowest BCUT2D eigenvalue weighted by molar-refractivity contribution is 0.168. The maximum Gasteiger partial charge on any atom is 0.212 e. The average molecular weight is 139 g/mol. The zero-order valence-electron chi connectivity index (χ0n) is 3.24. The molecule has 0 bridgehead atoms. The minimum Gasteiger partial charge on any atom is -0.394 e. The lowest BCUT2D eigenvalue weighted by Crippen LogP contribution is -2.05. The molecule has 0 spiro atoms. The summed E-state index contributed by atoms with van der Waals surface area (Å²) in [6.45, 7) is 0. The van der Waals surface area contributed by atoms with Crippen molar-refractivity contribution in [2.24, 2.45) is 0 Å². The molecule has 0 unspecified atom stereocenters. The van der Waals surface area contributed by atoms with Crippen molar-refractivity contribution >= 4 is 23.2 Å². The van der Waals surface area contributed by atoms with Gasteiger partial charge in [-0.15, -0.1) is 5.48 Å². The summed E-state index contributed by atoms with van der Waals surface area (Å²) in [5, 5.41) is 0.269. The number of rotatable bonds is 0. The average Bonchev–Trinajstić information content (AvgIpc) is 1.87. The standard InChI is InChI=1S/C3H2Cl2NO/c4-2-1-3(5)7-6-2/h1,6H. The van der Waals surface area contributed by atoms with Crippen LogP contribution in [0.4, 0.5) is 0 Å². The molecule has 39 valence electrons. The van der Waals surface area contributed by atoms with Crippen LogP contribution in [-0.2, 0) is 4.84 Å². The molecule has 0 saturated carbocycles. The van der Waals surface area contributed by atoms with E-state index in [0.717, 1.165) is 0 Å². The second-order valence-electron chi connectivity index (χ2n) is 1.00. The third kappa shape index (κ3) is 1.23.